The molecule has 3 nitrogen and oxygen atoms in total. The van der Waals surface area contributed by atoms with E-state index in [4.69, 9.17) is 4.74 Å². The number of carbonyl (C=O) groups excluding carboxylic acids is 1. The quantitative estimate of drug-likeness (QED) is 0.725. The molecule has 0 aromatic heterocycles. The standard InChI is InChI=1S/C10H10NO2.Y/c1-8-7-11(10(12)13-8)9-5-3-2-4-6-9;/h3-6,8H,7H2,1H3;/q-1;. The van der Waals surface area contributed by atoms with Crippen molar-refractivity contribution in [2.45, 2.75) is 13.0 Å². The molecule has 71 valence electrons. The predicted octanol–water partition coefficient (Wildman–Crippen LogP) is 1.83. The Labute approximate surface area is 108 Å². The van der Waals surface area contributed by atoms with Gasteiger partial charge < -0.3 is 4.74 Å². The van der Waals surface area contributed by atoms with E-state index in [9.17, 15) is 4.79 Å². The van der Waals surface area contributed by atoms with Gasteiger partial charge in [-0.25, -0.2) is 4.79 Å². The third kappa shape index (κ3) is 2.34. The maximum absolute atomic E-state index is 11.3. The van der Waals surface area contributed by atoms with Crippen LogP contribution in [0, 0.1) is 6.07 Å². The van der Waals surface area contributed by atoms with E-state index in [0.717, 1.165) is 5.69 Å². The first-order chi connectivity index (χ1) is 6.27. The summed E-state index contributed by atoms with van der Waals surface area (Å²) in [6.45, 7) is 2.51. The summed E-state index contributed by atoms with van der Waals surface area (Å²) < 4.78 is 5.00. The van der Waals surface area contributed by atoms with Crippen molar-refractivity contribution in [3.05, 3.63) is 30.3 Å². The molecule has 0 N–H and O–H groups in total. The molecule has 0 aliphatic carbocycles. The number of carbonyl (C=O) groups is 1. The summed E-state index contributed by atoms with van der Waals surface area (Å²) in [7, 11) is 0. The Morgan fingerprint density at radius 1 is 1.50 bits per heavy atom. The molecule has 1 heterocycles. The molecule has 2 rings (SSSR count). The number of hydrogen-bond donors (Lipinski definition) is 0. The smallest absolute Gasteiger partial charge is 0.412 e. The first-order valence-electron chi connectivity index (χ1n) is 4.21. The van der Waals surface area contributed by atoms with Crippen molar-refractivity contribution in [3.63, 3.8) is 0 Å². The van der Waals surface area contributed by atoms with Crippen molar-refractivity contribution in [1.82, 2.24) is 0 Å². The summed E-state index contributed by atoms with van der Waals surface area (Å²) in [6, 6.07) is 10.2. The molecule has 1 fully saturated rings. The summed E-state index contributed by atoms with van der Waals surface area (Å²) in [5.74, 6) is 0. The van der Waals surface area contributed by atoms with E-state index in [1.807, 2.05) is 19.1 Å². The van der Waals surface area contributed by atoms with Gasteiger partial charge in [-0.3, -0.25) is 4.90 Å². The molecule has 1 aromatic rings. The molecular formula is C10H10NO2Y-. The second kappa shape index (κ2) is 4.90. The zero-order valence-corrected chi connectivity index (χ0v) is 10.8. The van der Waals surface area contributed by atoms with Crippen LogP contribution in [0.3, 0.4) is 0 Å². The summed E-state index contributed by atoms with van der Waals surface area (Å²) in [5, 5.41) is 0. The number of cyclic esters (lactones) is 1. The molecular weight excluding hydrogens is 255 g/mol. The van der Waals surface area contributed by atoms with Crippen LogP contribution in [0.1, 0.15) is 6.92 Å². The predicted molar refractivity (Wildman–Crippen MR) is 48.6 cm³/mol. The molecule has 1 aromatic carbocycles. The second-order valence-electron chi connectivity index (χ2n) is 3.06. The number of hydrogen-bond acceptors (Lipinski definition) is 2. The van der Waals surface area contributed by atoms with Crippen molar-refractivity contribution >= 4 is 11.8 Å². The van der Waals surface area contributed by atoms with Crippen molar-refractivity contribution < 1.29 is 42.2 Å². The van der Waals surface area contributed by atoms with Crippen LogP contribution < -0.4 is 4.90 Å². The Kier molecular flexibility index (Phi) is 4.08. The molecule has 1 radical (unpaired) electrons. The van der Waals surface area contributed by atoms with Gasteiger partial charge in [-0.05, 0) is 6.92 Å². The van der Waals surface area contributed by atoms with E-state index in [0.29, 0.717) is 6.54 Å². The van der Waals surface area contributed by atoms with Gasteiger partial charge in [0.1, 0.15) is 6.10 Å². The van der Waals surface area contributed by atoms with Gasteiger partial charge in [-0.15, -0.1) is 12.1 Å². The zero-order chi connectivity index (χ0) is 9.26. The monoisotopic (exact) mass is 265 g/mol. The fraction of sp³-hybridized carbons (Fsp3) is 0.300. The fourth-order valence-corrected chi connectivity index (χ4v) is 1.37. The van der Waals surface area contributed by atoms with Gasteiger partial charge in [-0.2, -0.15) is 18.2 Å². The minimum atomic E-state index is -0.265. The van der Waals surface area contributed by atoms with E-state index < -0.39 is 0 Å². The zero-order valence-electron chi connectivity index (χ0n) is 7.93. The average Bonchev–Trinajstić information content (AvgIpc) is 2.47. The van der Waals surface area contributed by atoms with Crippen molar-refractivity contribution in [3.8, 4) is 0 Å². The number of anilines is 1. The molecule has 1 saturated heterocycles. The van der Waals surface area contributed by atoms with Crippen LogP contribution in [-0.2, 0) is 37.4 Å². The van der Waals surface area contributed by atoms with Gasteiger partial charge in [0.25, 0.3) is 0 Å². The number of nitrogens with zero attached hydrogens (tertiary/aromatic N) is 1. The topological polar surface area (TPSA) is 29.5 Å². The van der Waals surface area contributed by atoms with Crippen LogP contribution >= 0.6 is 0 Å². The molecule has 0 bridgehead atoms. The SMILES string of the molecule is CC1CN(c2cc[c-]cc2)C(=O)O1.[Y]. The summed E-state index contributed by atoms with van der Waals surface area (Å²) in [5.41, 5.74) is 0.869. The maximum atomic E-state index is 11.3. The van der Waals surface area contributed by atoms with Gasteiger partial charge >= 0.3 is 6.09 Å². The van der Waals surface area contributed by atoms with Gasteiger partial charge in [0.2, 0.25) is 0 Å². The number of amides is 1. The van der Waals surface area contributed by atoms with E-state index in [2.05, 4.69) is 6.07 Å². The van der Waals surface area contributed by atoms with Gasteiger partial charge in [0.05, 0.1) is 6.54 Å². The molecule has 1 aliphatic heterocycles. The molecule has 14 heavy (non-hydrogen) atoms. The average molecular weight is 265 g/mol. The van der Waals surface area contributed by atoms with Crippen molar-refractivity contribution in [2.75, 3.05) is 11.4 Å². The van der Waals surface area contributed by atoms with E-state index >= 15 is 0 Å². The molecule has 0 spiro atoms. The normalized spacial score (nSPS) is 20.2. The third-order valence-corrected chi connectivity index (χ3v) is 1.97. The Hall–Kier alpha value is -0.406. The van der Waals surface area contributed by atoms with Gasteiger partial charge in [0, 0.05) is 32.7 Å². The third-order valence-electron chi connectivity index (χ3n) is 1.97. The summed E-state index contributed by atoms with van der Waals surface area (Å²) in [4.78, 5) is 12.9. The number of rotatable bonds is 1. The van der Waals surface area contributed by atoms with Crippen LogP contribution in [0.2, 0.25) is 0 Å². The van der Waals surface area contributed by atoms with Crippen LogP contribution in [0.4, 0.5) is 10.5 Å². The van der Waals surface area contributed by atoms with E-state index in [1.54, 1.807) is 17.0 Å². The number of benzene rings is 1. The molecule has 1 aliphatic rings. The fourth-order valence-electron chi connectivity index (χ4n) is 1.37. The Balaban J connectivity index is 0.000000980. The van der Waals surface area contributed by atoms with Crippen LogP contribution in [0.15, 0.2) is 24.3 Å². The van der Waals surface area contributed by atoms with Crippen molar-refractivity contribution in [2.24, 2.45) is 0 Å². The van der Waals surface area contributed by atoms with Crippen LogP contribution in [0.25, 0.3) is 0 Å². The van der Waals surface area contributed by atoms with Crippen molar-refractivity contribution in [1.29, 1.82) is 0 Å². The second-order valence-corrected chi connectivity index (χ2v) is 3.06. The summed E-state index contributed by atoms with van der Waals surface area (Å²) in [6.07, 6.45) is -0.282. The molecule has 1 unspecified atom stereocenters. The van der Waals surface area contributed by atoms with E-state index in [1.165, 1.54) is 0 Å². The van der Waals surface area contributed by atoms with Gasteiger partial charge in [0.15, 0.2) is 0 Å². The molecule has 1 atom stereocenters. The maximum Gasteiger partial charge on any atom is 0.412 e. The number of ether oxygens (including phenoxy) is 1. The van der Waals surface area contributed by atoms with Gasteiger partial charge in [-0.1, -0.05) is 5.69 Å². The van der Waals surface area contributed by atoms with Crippen LogP contribution in [0.5, 0.6) is 0 Å². The van der Waals surface area contributed by atoms with E-state index in [-0.39, 0.29) is 44.9 Å². The Bertz CT molecular complexity index is 315. The molecule has 4 heteroatoms. The Morgan fingerprint density at radius 2 is 2.14 bits per heavy atom. The first-order valence-corrected chi connectivity index (χ1v) is 4.21. The molecule has 1 amide bonds. The first kappa shape index (κ1) is 11.7. The molecule has 0 saturated carbocycles. The minimum Gasteiger partial charge on any atom is -0.444 e. The largest absolute Gasteiger partial charge is 0.444 e. The minimum absolute atomic E-state index is 0. The van der Waals surface area contributed by atoms with Crippen LogP contribution in [-0.4, -0.2) is 18.7 Å². The summed E-state index contributed by atoms with van der Waals surface area (Å²) >= 11 is 0. The Morgan fingerprint density at radius 3 is 2.64 bits per heavy atom.